The molecule has 0 saturated carbocycles. The summed E-state index contributed by atoms with van der Waals surface area (Å²) in [5.74, 6) is -0.823. The van der Waals surface area contributed by atoms with E-state index in [1.54, 1.807) is 41.2 Å². The van der Waals surface area contributed by atoms with Gasteiger partial charge in [-0.15, -0.1) is 0 Å². The topological polar surface area (TPSA) is 50.9 Å². The Balaban J connectivity index is 0.000000293. The molecule has 4 nitrogen and oxygen atoms in total. The molecule has 0 bridgehead atoms. The van der Waals surface area contributed by atoms with Crippen LogP contribution in [0.3, 0.4) is 0 Å². The molecule has 0 spiro atoms. The first-order chi connectivity index (χ1) is 16.8. The molecule has 0 unspecified atom stereocenters. The van der Waals surface area contributed by atoms with Gasteiger partial charge in [0.25, 0.3) is 5.15 Å². The summed E-state index contributed by atoms with van der Waals surface area (Å²) in [6, 6.07) is 21.7. The maximum absolute atomic E-state index is 12.7. The van der Waals surface area contributed by atoms with Crippen molar-refractivity contribution in [3.05, 3.63) is 130 Å². The first kappa shape index (κ1) is 31.5. The zero-order valence-electron chi connectivity index (χ0n) is 18.6. The predicted octanol–water partition coefficient (Wildman–Crippen LogP) is 3.79. The maximum Gasteiger partial charge on any atom is 0.275 e. The molecule has 0 saturated heterocycles. The maximum atomic E-state index is 12.7. The van der Waals surface area contributed by atoms with E-state index in [9.17, 15) is 18.4 Å². The first-order valence-electron chi connectivity index (χ1n) is 10.1. The van der Waals surface area contributed by atoms with Gasteiger partial charge >= 0.3 is 0 Å². The van der Waals surface area contributed by atoms with Crippen molar-refractivity contribution in [2.24, 2.45) is 0 Å². The standard InChI is InChI=1S/C13H10ClFNO.C8H6BrFO.C5H4ClN.BrH/c14-13-3-1-2-8-16(13)9-12(17)10-4-6-11(15)7-5-10;9-5-8(11)6-1-3-7(10)4-2-6;6-5-3-1-2-4-7-5;/h1-8H,9H2;1-4H,5H2;1-4H;1H/q+1;;;/p-1. The molecule has 0 aliphatic carbocycles. The van der Waals surface area contributed by atoms with Crippen molar-refractivity contribution >= 4 is 50.7 Å². The van der Waals surface area contributed by atoms with Gasteiger partial charge in [-0.2, -0.15) is 4.57 Å². The van der Waals surface area contributed by atoms with E-state index in [2.05, 4.69) is 20.9 Å². The second kappa shape index (κ2) is 17.0. The average molecular weight is 661 g/mol. The van der Waals surface area contributed by atoms with Crippen molar-refractivity contribution in [1.29, 1.82) is 0 Å². The smallest absolute Gasteiger partial charge is 0.275 e. The number of carbonyl (C=O) groups is 2. The lowest BCUT2D eigenvalue weighted by Crippen LogP contribution is -3.00. The van der Waals surface area contributed by atoms with E-state index in [1.807, 2.05) is 12.1 Å². The Morgan fingerprint density at radius 3 is 1.72 bits per heavy atom. The molecule has 2 aromatic heterocycles. The Hall–Kier alpha value is -2.52. The minimum atomic E-state index is -0.355. The van der Waals surface area contributed by atoms with Crippen molar-refractivity contribution in [3.63, 3.8) is 0 Å². The fourth-order valence-corrected chi connectivity index (χ4v) is 3.16. The number of nitrogens with zero attached hydrogens (tertiary/aromatic N) is 2. The molecule has 4 aromatic rings. The van der Waals surface area contributed by atoms with Gasteiger partial charge in [0.05, 0.1) is 5.33 Å². The van der Waals surface area contributed by atoms with E-state index in [-0.39, 0.29) is 52.1 Å². The lowest BCUT2D eigenvalue weighted by molar-refractivity contribution is -0.681. The van der Waals surface area contributed by atoms with E-state index in [0.717, 1.165) is 0 Å². The van der Waals surface area contributed by atoms with Gasteiger partial charge in [-0.3, -0.25) is 9.59 Å². The van der Waals surface area contributed by atoms with Crippen LogP contribution in [0.1, 0.15) is 20.7 Å². The van der Waals surface area contributed by atoms with E-state index in [1.165, 1.54) is 48.5 Å². The Kier molecular flexibility index (Phi) is 14.9. The van der Waals surface area contributed by atoms with Crippen LogP contribution in [-0.2, 0) is 6.54 Å². The van der Waals surface area contributed by atoms with Gasteiger partial charge in [0.15, 0.2) is 12.0 Å². The summed E-state index contributed by atoms with van der Waals surface area (Å²) in [6.45, 7) is 0.144. The summed E-state index contributed by atoms with van der Waals surface area (Å²) in [5.41, 5.74) is 1.00. The van der Waals surface area contributed by atoms with Gasteiger partial charge < -0.3 is 17.0 Å². The van der Waals surface area contributed by atoms with Crippen LogP contribution >= 0.6 is 39.1 Å². The lowest BCUT2D eigenvalue weighted by atomic mass is 10.1. The van der Waals surface area contributed by atoms with Crippen LogP contribution in [0.5, 0.6) is 0 Å². The molecule has 0 radical (unpaired) electrons. The summed E-state index contributed by atoms with van der Waals surface area (Å²) >= 11 is 14.4. The molecule has 36 heavy (non-hydrogen) atoms. The fraction of sp³-hybridized carbons (Fsp3) is 0.0769. The molecule has 0 aliphatic rings. The van der Waals surface area contributed by atoms with Crippen molar-refractivity contribution in [1.82, 2.24) is 4.98 Å². The van der Waals surface area contributed by atoms with Crippen LogP contribution in [0.4, 0.5) is 8.78 Å². The second-order valence-corrected chi connectivity index (χ2v) is 8.13. The zero-order chi connectivity index (χ0) is 25.6. The highest BCUT2D eigenvalue weighted by Crippen LogP contribution is 2.06. The summed E-state index contributed by atoms with van der Waals surface area (Å²) in [5, 5.41) is 1.31. The molecule has 0 atom stereocenters. The Bertz CT molecular complexity index is 1230. The molecular weight excluding hydrogens is 641 g/mol. The first-order valence-corrected chi connectivity index (χ1v) is 12.0. The molecule has 188 valence electrons. The number of hydrogen-bond donors (Lipinski definition) is 0. The van der Waals surface area contributed by atoms with Crippen LogP contribution in [0, 0.1) is 11.6 Å². The Morgan fingerprint density at radius 1 is 0.778 bits per heavy atom. The monoisotopic (exact) mass is 658 g/mol. The van der Waals surface area contributed by atoms with Gasteiger partial charge in [-0.05, 0) is 78.3 Å². The number of alkyl halides is 1. The van der Waals surface area contributed by atoms with E-state index < -0.39 is 0 Å². The molecule has 4 rings (SSSR count). The molecule has 0 fully saturated rings. The zero-order valence-corrected chi connectivity index (χ0v) is 23.3. The van der Waals surface area contributed by atoms with E-state index in [4.69, 9.17) is 23.2 Å². The third-order valence-electron chi connectivity index (χ3n) is 4.28. The Labute approximate surface area is 236 Å². The third kappa shape index (κ3) is 11.5. The number of aromatic nitrogens is 2. The number of halogens is 6. The molecule has 0 amide bonds. The molecule has 0 aliphatic heterocycles. The summed E-state index contributed by atoms with van der Waals surface area (Å²) in [7, 11) is 0. The third-order valence-corrected chi connectivity index (χ3v) is 5.36. The largest absolute Gasteiger partial charge is 1.00 e. The van der Waals surface area contributed by atoms with E-state index >= 15 is 0 Å². The number of ketones is 2. The lowest BCUT2D eigenvalue weighted by Gasteiger charge is -1.99. The van der Waals surface area contributed by atoms with Crippen LogP contribution in [0.15, 0.2) is 97.3 Å². The summed E-state index contributed by atoms with van der Waals surface area (Å²) < 4.78 is 26.7. The normalized spacial score (nSPS) is 9.47. The minimum absolute atomic E-state index is 0. The number of Topliss-reactive ketones (excluding diaryl/α,β-unsaturated/α-hetero) is 2. The Morgan fingerprint density at radius 2 is 1.31 bits per heavy atom. The van der Waals surface area contributed by atoms with Crippen molar-refractivity contribution in [3.8, 4) is 0 Å². The number of hydrogen-bond acceptors (Lipinski definition) is 3. The van der Waals surface area contributed by atoms with Crippen LogP contribution in [-0.4, -0.2) is 21.9 Å². The highest BCUT2D eigenvalue weighted by molar-refractivity contribution is 9.09. The number of rotatable bonds is 5. The molecular formula is C26H20Br2Cl2F2N2O2. The van der Waals surface area contributed by atoms with Gasteiger partial charge in [-0.1, -0.05) is 33.6 Å². The molecule has 0 N–H and O–H groups in total. The van der Waals surface area contributed by atoms with Crippen molar-refractivity contribution in [2.45, 2.75) is 6.54 Å². The number of benzene rings is 2. The highest BCUT2D eigenvalue weighted by Gasteiger charge is 2.14. The summed E-state index contributed by atoms with van der Waals surface area (Å²) in [6.07, 6.45) is 3.38. The van der Waals surface area contributed by atoms with Gasteiger partial charge in [0.1, 0.15) is 16.8 Å². The van der Waals surface area contributed by atoms with Gasteiger partial charge in [0, 0.05) is 29.5 Å². The quantitative estimate of drug-likeness (QED) is 0.142. The molecule has 2 aromatic carbocycles. The summed E-state index contributed by atoms with van der Waals surface area (Å²) in [4.78, 5) is 26.6. The van der Waals surface area contributed by atoms with Crippen molar-refractivity contribution in [2.75, 3.05) is 5.33 Å². The van der Waals surface area contributed by atoms with Gasteiger partial charge in [0.2, 0.25) is 12.3 Å². The average Bonchev–Trinajstić information content (AvgIpc) is 2.87. The molecule has 2 heterocycles. The SMILES string of the molecule is Clc1ccccn1.O=C(CBr)c1ccc(F)cc1.O=C(C[n+]1ccccc1Cl)c1ccc(F)cc1.[Br-]. The van der Waals surface area contributed by atoms with Crippen molar-refractivity contribution < 1.29 is 39.9 Å². The van der Waals surface area contributed by atoms with Crippen LogP contribution in [0.2, 0.25) is 10.3 Å². The number of pyridine rings is 2. The highest BCUT2D eigenvalue weighted by atomic mass is 79.9. The van der Waals surface area contributed by atoms with E-state index in [0.29, 0.717) is 21.4 Å². The van der Waals surface area contributed by atoms with Crippen LogP contribution < -0.4 is 21.5 Å². The minimum Gasteiger partial charge on any atom is -1.00 e. The molecule has 10 heteroatoms. The van der Waals surface area contributed by atoms with Crippen LogP contribution in [0.25, 0.3) is 0 Å². The van der Waals surface area contributed by atoms with Gasteiger partial charge in [-0.25, -0.2) is 13.8 Å². The predicted molar refractivity (Wildman–Crippen MR) is 136 cm³/mol. The fourth-order valence-electron chi connectivity index (χ4n) is 2.52. The number of carbonyl (C=O) groups excluding carboxylic acids is 2. The second-order valence-electron chi connectivity index (χ2n) is 6.80.